The van der Waals surface area contributed by atoms with Crippen molar-refractivity contribution in [1.29, 1.82) is 0 Å². The Morgan fingerprint density at radius 1 is 1.50 bits per heavy atom. The van der Waals surface area contributed by atoms with Crippen LogP contribution in [0.4, 0.5) is 5.82 Å². The summed E-state index contributed by atoms with van der Waals surface area (Å²) in [6.07, 6.45) is 2.42. The molecule has 0 saturated carbocycles. The molecule has 102 valence electrons. The molecule has 1 unspecified atom stereocenters. The van der Waals surface area contributed by atoms with Crippen LogP contribution < -0.4 is 15.8 Å². The molecule has 1 heterocycles. The maximum Gasteiger partial charge on any atom is 0.318 e. The molecule has 0 fully saturated rings. The van der Waals surface area contributed by atoms with E-state index in [0.29, 0.717) is 17.4 Å². The maximum atomic E-state index is 6.05. The zero-order chi connectivity index (χ0) is 13.8. The summed E-state index contributed by atoms with van der Waals surface area (Å²) < 4.78 is 4.95. The first-order valence-corrected chi connectivity index (χ1v) is 6.25. The summed E-state index contributed by atoms with van der Waals surface area (Å²) in [6, 6.07) is 0.327. The summed E-state index contributed by atoms with van der Waals surface area (Å²) in [5.74, 6) is 0.549. The van der Waals surface area contributed by atoms with E-state index in [9.17, 15) is 0 Å². The SMILES string of the molecule is COc1ncc(Cl)c(NCC(N)CC(C)(C)C)n1. The smallest absolute Gasteiger partial charge is 0.318 e. The number of halogens is 1. The van der Waals surface area contributed by atoms with Crippen LogP contribution in [0.1, 0.15) is 27.2 Å². The molecule has 0 aromatic carbocycles. The highest BCUT2D eigenvalue weighted by Crippen LogP contribution is 2.22. The van der Waals surface area contributed by atoms with Gasteiger partial charge in [0.05, 0.1) is 13.3 Å². The van der Waals surface area contributed by atoms with Gasteiger partial charge in [0, 0.05) is 12.6 Å². The Balaban J connectivity index is 2.57. The van der Waals surface area contributed by atoms with E-state index < -0.39 is 0 Å². The largest absolute Gasteiger partial charge is 0.467 e. The average Bonchev–Trinajstić information content (AvgIpc) is 2.25. The van der Waals surface area contributed by atoms with Gasteiger partial charge < -0.3 is 15.8 Å². The first-order chi connectivity index (χ1) is 8.31. The van der Waals surface area contributed by atoms with Crippen molar-refractivity contribution in [2.24, 2.45) is 11.1 Å². The van der Waals surface area contributed by atoms with E-state index in [0.717, 1.165) is 6.42 Å². The highest BCUT2D eigenvalue weighted by atomic mass is 35.5. The topological polar surface area (TPSA) is 73.1 Å². The Morgan fingerprint density at radius 3 is 2.72 bits per heavy atom. The number of aromatic nitrogens is 2. The number of rotatable bonds is 5. The fourth-order valence-corrected chi connectivity index (χ4v) is 1.82. The second kappa shape index (κ2) is 6.20. The first-order valence-electron chi connectivity index (χ1n) is 5.88. The van der Waals surface area contributed by atoms with Crippen LogP contribution in [0.15, 0.2) is 6.20 Å². The number of ether oxygens (including phenoxy) is 1. The molecule has 0 aliphatic carbocycles. The van der Waals surface area contributed by atoms with Crippen molar-refractivity contribution in [3.05, 3.63) is 11.2 Å². The summed E-state index contributed by atoms with van der Waals surface area (Å²) in [7, 11) is 1.51. The Hall–Kier alpha value is -1.07. The molecule has 0 saturated heterocycles. The van der Waals surface area contributed by atoms with Crippen LogP contribution in [0.5, 0.6) is 6.01 Å². The highest BCUT2D eigenvalue weighted by molar-refractivity contribution is 6.32. The van der Waals surface area contributed by atoms with Gasteiger partial charge in [-0.3, -0.25) is 0 Å². The van der Waals surface area contributed by atoms with Crippen molar-refractivity contribution >= 4 is 17.4 Å². The molecule has 0 aliphatic rings. The second-order valence-corrected chi connectivity index (χ2v) is 5.87. The Labute approximate surface area is 113 Å². The first kappa shape index (κ1) is 15.0. The van der Waals surface area contributed by atoms with Gasteiger partial charge in [-0.05, 0) is 11.8 Å². The summed E-state index contributed by atoms with van der Waals surface area (Å²) in [6.45, 7) is 7.09. The zero-order valence-electron chi connectivity index (χ0n) is 11.3. The van der Waals surface area contributed by atoms with Crippen LogP contribution in [-0.4, -0.2) is 29.7 Å². The number of hydrogen-bond donors (Lipinski definition) is 2. The molecule has 3 N–H and O–H groups in total. The van der Waals surface area contributed by atoms with Crippen molar-refractivity contribution in [2.45, 2.75) is 33.2 Å². The molecule has 0 bridgehead atoms. The molecule has 1 atom stereocenters. The van der Waals surface area contributed by atoms with Gasteiger partial charge in [0.15, 0.2) is 5.82 Å². The molecular formula is C12H21ClN4O. The highest BCUT2D eigenvalue weighted by Gasteiger charge is 2.16. The molecule has 1 aromatic rings. The number of methoxy groups -OCH3 is 1. The van der Waals surface area contributed by atoms with Gasteiger partial charge in [0.25, 0.3) is 0 Å². The standard InChI is InChI=1S/C12H21ClN4O/c1-12(2,3)5-8(14)6-15-10-9(13)7-16-11(17-10)18-4/h7-8H,5-6,14H2,1-4H3,(H,15,16,17). The van der Waals surface area contributed by atoms with E-state index in [-0.39, 0.29) is 17.5 Å². The minimum Gasteiger partial charge on any atom is -0.467 e. The van der Waals surface area contributed by atoms with Crippen LogP contribution in [0, 0.1) is 5.41 Å². The molecule has 0 aliphatic heterocycles. The van der Waals surface area contributed by atoms with Crippen LogP contribution in [-0.2, 0) is 0 Å². The van der Waals surface area contributed by atoms with Gasteiger partial charge in [-0.15, -0.1) is 0 Å². The van der Waals surface area contributed by atoms with E-state index in [4.69, 9.17) is 22.1 Å². The lowest BCUT2D eigenvalue weighted by Crippen LogP contribution is -2.33. The van der Waals surface area contributed by atoms with Crippen molar-refractivity contribution < 1.29 is 4.74 Å². The fraction of sp³-hybridized carbons (Fsp3) is 0.667. The molecule has 5 nitrogen and oxygen atoms in total. The van der Waals surface area contributed by atoms with Gasteiger partial charge in [-0.2, -0.15) is 4.98 Å². The van der Waals surface area contributed by atoms with Crippen molar-refractivity contribution in [2.75, 3.05) is 19.0 Å². The van der Waals surface area contributed by atoms with E-state index in [2.05, 4.69) is 36.1 Å². The summed E-state index contributed by atoms with van der Waals surface area (Å²) in [5, 5.41) is 3.58. The molecular weight excluding hydrogens is 252 g/mol. The minimum absolute atomic E-state index is 0.0435. The maximum absolute atomic E-state index is 6.05. The second-order valence-electron chi connectivity index (χ2n) is 5.46. The van der Waals surface area contributed by atoms with Crippen LogP contribution >= 0.6 is 11.6 Å². The van der Waals surface area contributed by atoms with Gasteiger partial charge >= 0.3 is 6.01 Å². The number of anilines is 1. The lowest BCUT2D eigenvalue weighted by molar-refractivity contribution is 0.344. The number of nitrogens with zero attached hydrogens (tertiary/aromatic N) is 2. The van der Waals surface area contributed by atoms with Crippen LogP contribution in [0.3, 0.4) is 0 Å². The molecule has 6 heteroatoms. The van der Waals surface area contributed by atoms with Crippen LogP contribution in [0.2, 0.25) is 5.02 Å². The monoisotopic (exact) mass is 272 g/mol. The Bertz CT molecular complexity index is 392. The van der Waals surface area contributed by atoms with Crippen molar-refractivity contribution in [1.82, 2.24) is 9.97 Å². The Morgan fingerprint density at radius 2 is 2.17 bits per heavy atom. The van der Waals surface area contributed by atoms with Gasteiger partial charge in [0.1, 0.15) is 5.02 Å². The lowest BCUT2D eigenvalue weighted by Gasteiger charge is -2.23. The van der Waals surface area contributed by atoms with Crippen LogP contribution in [0.25, 0.3) is 0 Å². The lowest BCUT2D eigenvalue weighted by atomic mass is 9.88. The third-order valence-electron chi connectivity index (χ3n) is 2.31. The number of nitrogens with two attached hydrogens (primary N) is 1. The van der Waals surface area contributed by atoms with Crippen molar-refractivity contribution in [3.8, 4) is 6.01 Å². The predicted octanol–water partition coefficient (Wildman–Crippen LogP) is 2.31. The molecule has 18 heavy (non-hydrogen) atoms. The number of hydrogen-bond acceptors (Lipinski definition) is 5. The Kier molecular flexibility index (Phi) is 5.16. The average molecular weight is 273 g/mol. The third-order valence-corrected chi connectivity index (χ3v) is 2.59. The predicted molar refractivity (Wildman–Crippen MR) is 74.1 cm³/mol. The summed E-state index contributed by atoms with van der Waals surface area (Å²) in [5.41, 5.74) is 6.25. The van der Waals surface area contributed by atoms with Crippen molar-refractivity contribution in [3.63, 3.8) is 0 Å². The summed E-state index contributed by atoms with van der Waals surface area (Å²) in [4.78, 5) is 8.03. The van der Waals surface area contributed by atoms with Gasteiger partial charge in [-0.1, -0.05) is 32.4 Å². The number of nitrogens with one attached hydrogen (secondary N) is 1. The summed E-state index contributed by atoms with van der Waals surface area (Å²) >= 11 is 5.99. The quantitative estimate of drug-likeness (QED) is 0.861. The molecule has 1 rings (SSSR count). The van der Waals surface area contributed by atoms with E-state index in [1.165, 1.54) is 13.3 Å². The third kappa shape index (κ3) is 5.06. The minimum atomic E-state index is 0.0435. The van der Waals surface area contributed by atoms with E-state index in [1.54, 1.807) is 0 Å². The molecule has 0 amide bonds. The normalized spacial score (nSPS) is 13.2. The molecule has 0 spiro atoms. The van der Waals surface area contributed by atoms with Gasteiger partial charge in [0.2, 0.25) is 0 Å². The van der Waals surface area contributed by atoms with E-state index in [1.807, 2.05) is 0 Å². The van der Waals surface area contributed by atoms with Gasteiger partial charge in [-0.25, -0.2) is 4.98 Å². The molecule has 0 radical (unpaired) electrons. The molecule has 1 aromatic heterocycles. The van der Waals surface area contributed by atoms with E-state index >= 15 is 0 Å². The fourth-order valence-electron chi connectivity index (χ4n) is 1.66. The zero-order valence-corrected chi connectivity index (χ0v) is 12.1.